The van der Waals surface area contributed by atoms with Gasteiger partial charge in [-0.15, -0.1) is 0 Å². The van der Waals surface area contributed by atoms with Crippen molar-refractivity contribution in [3.63, 3.8) is 0 Å². The second-order valence-corrected chi connectivity index (χ2v) is 5.97. The molecule has 3 aliphatic rings. The lowest BCUT2D eigenvalue weighted by Gasteiger charge is -2.40. The van der Waals surface area contributed by atoms with Crippen LogP contribution in [0, 0.1) is 5.92 Å². The number of hydrogen-bond donors (Lipinski definition) is 0. The van der Waals surface area contributed by atoms with Crippen LogP contribution in [-0.2, 0) is 14.3 Å². The van der Waals surface area contributed by atoms with E-state index in [4.69, 9.17) is 9.47 Å². The Morgan fingerprint density at radius 2 is 2.15 bits per heavy atom. The molecule has 4 atom stereocenters. The minimum Gasteiger partial charge on any atom is -0.453 e. The van der Waals surface area contributed by atoms with Crippen LogP contribution in [0.5, 0.6) is 0 Å². The highest BCUT2D eigenvalue weighted by molar-refractivity contribution is 5.91. The molecule has 0 bridgehead atoms. The summed E-state index contributed by atoms with van der Waals surface area (Å²) in [4.78, 5) is 28.7. The second kappa shape index (κ2) is 4.62. The Hall–Kier alpha value is -1.30. The van der Waals surface area contributed by atoms with E-state index in [1.807, 2.05) is 11.8 Å². The molecule has 0 N–H and O–H groups in total. The number of rotatable bonds is 2. The quantitative estimate of drug-likeness (QED) is 0.763. The van der Waals surface area contributed by atoms with E-state index in [1.165, 1.54) is 7.11 Å². The van der Waals surface area contributed by atoms with Crippen molar-refractivity contribution in [3.8, 4) is 0 Å². The molecular weight excluding hydrogens is 260 g/mol. The SMILES string of the molecule is COC(=O)N1[C@@H]([C@@H](C)OC)C(=O)N2CC[C@@H]3CCC[C@@]321. The summed E-state index contributed by atoms with van der Waals surface area (Å²) in [6.45, 7) is 2.57. The van der Waals surface area contributed by atoms with Gasteiger partial charge in [0.1, 0.15) is 11.7 Å². The van der Waals surface area contributed by atoms with Crippen molar-refractivity contribution >= 4 is 12.0 Å². The smallest absolute Gasteiger partial charge is 0.412 e. The van der Waals surface area contributed by atoms with E-state index in [2.05, 4.69) is 0 Å². The minimum atomic E-state index is -0.562. The monoisotopic (exact) mass is 282 g/mol. The lowest BCUT2D eigenvalue weighted by Crippen LogP contribution is -2.57. The van der Waals surface area contributed by atoms with Gasteiger partial charge < -0.3 is 14.4 Å². The molecule has 1 aliphatic carbocycles. The van der Waals surface area contributed by atoms with E-state index < -0.39 is 17.8 Å². The van der Waals surface area contributed by atoms with Crippen LogP contribution in [0.4, 0.5) is 4.79 Å². The fourth-order valence-corrected chi connectivity index (χ4v) is 4.42. The first-order chi connectivity index (χ1) is 9.57. The summed E-state index contributed by atoms with van der Waals surface area (Å²) in [5.74, 6) is 0.383. The molecule has 0 aromatic carbocycles. The molecular formula is C14H22N2O4. The Balaban J connectivity index is 2.06. The zero-order valence-electron chi connectivity index (χ0n) is 12.3. The summed E-state index contributed by atoms with van der Waals surface area (Å²) >= 11 is 0. The van der Waals surface area contributed by atoms with E-state index in [9.17, 15) is 9.59 Å². The summed E-state index contributed by atoms with van der Waals surface area (Å²) in [6.07, 6.45) is 3.21. The van der Waals surface area contributed by atoms with Crippen molar-refractivity contribution in [2.24, 2.45) is 5.92 Å². The van der Waals surface area contributed by atoms with Crippen LogP contribution in [0.25, 0.3) is 0 Å². The number of hydrogen-bond acceptors (Lipinski definition) is 4. The first-order valence-corrected chi connectivity index (χ1v) is 7.29. The van der Waals surface area contributed by atoms with E-state index in [1.54, 1.807) is 12.0 Å². The number of nitrogens with zero attached hydrogens (tertiary/aromatic N) is 2. The molecule has 0 unspecified atom stereocenters. The highest BCUT2D eigenvalue weighted by Gasteiger charge is 2.67. The van der Waals surface area contributed by atoms with Crippen molar-refractivity contribution in [3.05, 3.63) is 0 Å². The van der Waals surface area contributed by atoms with Crippen LogP contribution in [0.2, 0.25) is 0 Å². The van der Waals surface area contributed by atoms with Crippen molar-refractivity contribution in [1.82, 2.24) is 9.80 Å². The second-order valence-electron chi connectivity index (χ2n) is 5.97. The number of methoxy groups -OCH3 is 2. The average Bonchev–Trinajstić information content (AvgIpc) is 3.06. The van der Waals surface area contributed by atoms with E-state index >= 15 is 0 Å². The summed E-state index contributed by atoms with van der Waals surface area (Å²) < 4.78 is 10.3. The molecule has 1 saturated carbocycles. The zero-order chi connectivity index (χ0) is 14.5. The molecule has 0 aromatic heterocycles. The third kappa shape index (κ3) is 1.48. The van der Waals surface area contributed by atoms with Crippen molar-refractivity contribution in [1.29, 1.82) is 0 Å². The molecule has 6 heteroatoms. The van der Waals surface area contributed by atoms with E-state index in [0.29, 0.717) is 5.92 Å². The fourth-order valence-electron chi connectivity index (χ4n) is 4.42. The Labute approximate surface area is 119 Å². The van der Waals surface area contributed by atoms with Crippen molar-refractivity contribution < 1.29 is 19.1 Å². The topological polar surface area (TPSA) is 59.1 Å². The predicted molar refractivity (Wildman–Crippen MR) is 70.9 cm³/mol. The molecule has 112 valence electrons. The molecule has 0 aromatic rings. The van der Waals surface area contributed by atoms with Gasteiger partial charge in [-0.25, -0.2) is 4.79 Å². The third-order valence-electron chi connectivity index (χ3n) is 5.32. The maximum absolute atomic E-state index is 12.8. The maximum Gasteiger partial charge on any atom is 0.412 e. The highest BCUT2D eigenvalue weighted by Crippen LogP contribution is 2.54. The van der Waals surface area contributed by atoms with Gasteiger partial charge >= 0.3 is 6.09 Å². The fraction of sp³-hybridized carbons (Fsp3) is 0.857. The van der Waals surface area contributed by atoms with Crippen LogP contribution in [0.3, 0.4) is 0 Å². The molecule has 1 spiro atoms. The molecule has 2 amide bonds. The van der Waals surface area contributed by atoms with Crippen LogP contribution in [0.1, 0.15) is 32.6 Å². The molecule has 2 saturated heterocycles. The van der Waals surface area contributed by atoms with Gasteiger partial charge in [0.25, 0.3) is 0 Å². The Morgan fingerprint density at radius 3 is 2.80 bits per heavy atom. The van der Waals surface area contributed by atoms with Crippen molar-refractivity contribution in [2.45, 2.75) is 50.4 Å². The zero-order valence-corrected chi connectivity index (χ0v) is 12.3. The van der Waals surface area contributed by atoms with Gasteiger partial charge in [-0.1, -0.05) is 0 Å². The summed E-state index contributed by atoms with van der Waals surface area (Å²) in [5, 5.41) is 0. The normalized spacial score (nSPS) is 37.0. The van der Waals surface area contributed by atoms with Gasteiger partial charge in [0.2, 0.25) is 5.91 Å². The van der Waals surface area contributed by atoms with Gasteiger partial charge in [0.05, 0.1) is 13.2 Å². The number of carbonyl (C=O) groups is 2. The number of ether oxygens (including phenoxy) is 2. The largest absolute Gasteiger partial charge is 0.453 e. The first-order valence-electron chi connectivity index (χ1n) is 7.29. The Bertz CT molecular complexity index is 441. The molecule has 2 aliphatic heterocycles. The van der Waals surface area contributed by atoms with Crippen LogP contribution >= 0.6 is 0 Å². The van der Waals surface area contributed by atoms with E-state index in [-0.39, 0.29) is 12.0 Å². The molecule has 6 nitrogen and oxygen atoms in total. The third-order valence-corrected chi connectivity index (χ3v) is 5.32. The van der Waals surface area contributed by atoms with Crippen LogP contribution in [0.15, 0.2) is 0 Å². The average molecular weight is 282 g/mol. The number of carbonyl (C=O) groups excluding carboxylic acids is 2. The minimum absolute atomic E-state index is 0.00847. The Morgan fingerprint density at radius 1 is 1.40 bits per heavy atom. The molecule has 20 heavy (non-hydrogen) atoms. The molecule has 2 heterocycles. The van der Waals surface area contributed by atoms with Crippen LogP contribution < -0.4 is 0 Å². The lowest BCUT2D eigenvalue weighted by atomic mass is 9.95. The van der Waals surface area contributed by atoms with Gasteiger partial charge in [-0.05, 0) is 32.6 Å². The summed E-state index contributed by atoms with van der Waals surface area (Å²) in [6, 6.07) is -0.562. The van der Waals surface area contributed by atoms with Gasteiger partial charge in [0, 0.05) is 19.6 Å². The maximum atomic E-state index is 12.8. The van der Waals surface area contributed by atoms with Gasteiger partial charge in [-0.3, -0.25) is 9.69 Å². The van der Waals surface area contributed by atoms with Gasteiger partial charge in [0.15, 0.2) is 0 Å². The van der Waals surface area contributed by atoms with Gasteiger partial charge in [-0.2, -0.15) is 0 Å². The lowest BCUT2D eigenvalue weighted by molar-refractivity contribution is -0.132. The summed E-state index contributed by atoms with van der Waals surface area (Å²) in [5.41, 5.74) is -0.457. The highest BCUT2D eigenvalue weighted by atomic mass is 16.5. The molecule has 0 radical (unpaired) electrons. The predicted octanol–water partition coefficient (Wildman–Crippen LogP) is 1.20. The van der Waals surface area contributed by atoms with Crippen molar-refractivity contribution in [2.75, 3.05) is 20.8 Å². The summed E-state index contributed by atoms with van der Waals surface area (Å²) in [7, 11) is 2.94. The first kappa shape index (κ1) is 13.7. The molecule has 3 rings (SSSR count). The van der Waals surface area contributed by atoms with Crippen LogP contribution in [-0.4, -0.2) is 60.4 Å². The standard InChI is InChI=1S/C14H22N2O4/c1-9(19-2)11-12(17)15-8-6-10-5-4-7-14(10,15)16(11)13(18)20-3/h9-11H,4-8H2,1-3H3/t9-,10+,11+,14-/m1/s1. The van der Waals surface area contributed by atoms with E-state index in [0.717, 1.165) is 32.2 Å². The number of amides is 2. The Kier molecular flexibility index (Phi) is 3.16. The molecule has 3 fully saturated rings.